The highest BCUT2D eigenvalue weighted by Crippen LogP contribution is 2.38. The van der Waals surface area contributed by atoms with E-state index in [1.54, 1.807) is 29.7 Å². The van der Waals surface area contributed by atoms with E-state index in [2.05, 4.69) is 11.0 Å². The molecule has 4 aromatic rings. The molecule has 2 aliphatic rings. The minimum Gasteiger partial charge on any atom is -0.462 e. The summed E-state index contributed by atoms with van der Waals surface area (Å²) in [6, 6.07) is 15.6. The molecular weight excluding hydrogens is 586 g/mol. The minimum absolute atomic E-state index is 0.00627. The van der Waals surface area contributed by atoms with Gasteiger partial charge in [-0.05, 0) is 68.8 Å². The molecule has 10 heteroatoms. The van der Waals surface area contributed by atoms with Crippen LogP contribution in [0.25, 0.3) is 16.6 Å². The molecule has 7 nitrogen and oxygen atoms in total. The number of anilines is 2. The number of rotatable bonds is 7. The molecule has 0 N–H and O–H groups in total. The number of likely N-dealkylation sites (tertiary alicyclic amines) is 1. The topological polar surface area (TPSA) is 58.0 Å². The minimum atomic E-state index is -0.775. The van der Waals surface area contributed by atoms with Gasteiger partial charge in [0.05, 0.1) is 33.9 Å². The van der Waals surface area contributed by atoms with Crippen molar-refractivity contribution in [2.24, 2.45) is 0 Å². The largest absolute Gasteiger partial charge is 0.462 e. The fourth-order valence-electron chi connectivity index (χ4n) is 6.31. The zero-order valence-electron chi connectivity index (χ0n) is 24.7. The van der Waals surface area contributed by atoms with Crippen LogP contribution in [0.1, 0.15) is 42.1 Å². The molecular formula is C34H35ClF2N4O3. The van der Waals surface area contributed by atoms with Crippen LogP contribution in [0.15, 0.2) is 65.6 Å². The second-order valence-corrected chi connectivity index (χ2v) is 11.7. The summed E-state index contributed by atoms with van der Waals surface area (Å²) >= 11 is 7.03. The van der Waals surface area contributed by atoms with Crippen molar-refractivity contribution in [3.05, 3.63) is 98.8 Å². The van der Waals surface area contributed by atoms with Crippen molar-refractivity contribution in [1.82, 2.24) is 9.47 Å². The Morgan fingerprint density at radius 1 is 0.886 bits per heavy atom. The average Bonchev–Trinajstić information content (AvgIpc) is 3.03. The first-order valence-electron chi connectivity index (χ1n) is 15.2. The Labute approximate surface area is 260 Å². The van der Waals surface area contributed by atoms with Gasteiger partial charge in [0.1, 0.15) is 17.2 Å². The number of ether oxygens (including phenoxy) is 1. The van der Waals surface area contributed by atoms with E-state index in [1.807, 2.05) is 28.0 Å². The molecule has 0 bridgehead atoms. The number of fused-ring (bicyclic) bond motifs is 1. The second-order valence-electron chi connectivity index (χ2n) is 11.3. The maximum Gasteiger partial charge on any atom is 0.343 e. The smallest absolute Gasteiger partial charge is 0.343 e. The molecule has 0 aliphatic carbocycles. The van der Waals surface area contributed by atoms with Crippen molar-refractivity contribution >= 4 is 39.8 Å². The fraction of sp³-hybridized carbons (Fsp3) is 0.353. The van der Waals surface area contributed by atoms with Crippen LogP contribution < -0.4 is 15.2 Å². The number of benzene rings is 3. The van der Waals surface area contributed by atoms with Gasteiger partial charge in [-0.25, -0.2) is 13.6 Å². The highest BCUT2D eigenvalue weighted by atomic mass is 35.5. The van der Waals surface area contributed by atoms with E-state index in [0.717, 1.165) is 25.2 Å². The Morgan fingerprint density at radius 3 is 2.34 bits per heavy atom. The van der Waals surface area contributed by atoms with Crippen LogP contribution in [0.2, 0.25) is 5.02 Å². The van der Waals surface area contributed by atoms with Crippen molar-refractivity contribution in [3.63, 3.8) is 0 Å². The van der Waals surface area contributed by atoms with Gasteiger partial charge in [0, 0.05) is 44.6 Å². The van der Waals surface area contributed by atoms with E-state index in [4.69, 9.17) is 16.3 Å². The molecule has 230 valence electrons. The van der Waals surface area contributed by atoms with Gasteiger partial charge < -0.3 is 19.1 Å². The van der Waals surface area contributed by atoms with Crippen molar-refractivity contribution in [3.8, 4) is 5.69 Å². The molecule has 2 aliphatic heterocycles. The molecule has 0 atom stereocenters. The highest BCUT2D eigenvalue weighted by molar-refractivity contribution is 6.38. The molecule has 44 heavy (non-hydrogen) atoms. The van der Waals surface area contributed by atoms with E-state index in [0.29, 0.717) is 43.1 Å². The van der Waals surface area contributed by atoms with Gasteiger partial charge in [-0.15, -0.1) is 0 Å². The van der Waals surface area contributed by atoms with Crippen LogP contribution in [0.4, 0.5) is 20.2 Å². The molecule has 1 aromatic heterocycles. The van der Waals surface area contributed by atoms with Crippen LogP contribution in [-0.4, -0.2) is 61.3 Å². The second kappa shape index (κ2) is 13.0. The number of halogens is 3. The first kappa shape index (κ1) is 30.1. The first-order valence-corrected chi connectivity index (χ1v) is 15.5. The van der Waals surface area contributed by atoms with Gasteiger partial charge in [-0.3, -0.25) is 9.69 Å². The molecule has 2 fully saturated rings. The predicted octanol–water partition coefficient (Wildman–Crippen LogP) is 6.41. The lowest BCUT2D eigenvalue weighted by Crippen LogP contribution is -2.47. The lowest BCUT2D eigenvalue weighted by molar-refractivity contribution is 0.0524. The summed E-state index contributed by atoms with van der Waals surface area (Å²) in [5, 5.41) is 0.0708. The summed E-state index contributed by atoms with van der Waals surface area (Å²) in [4.78, 5) is 32.6. The predicted molar refractivity (Wildman–Crippen MR) is 170 cm³/mol. The summed E-state index contributed by atoms with van der Waals surface area (Å²) < 4.78 is 37.2. The number of carbonyl (C=O) groups excluding carboxylic acids is 1. The number of pyridine rings is 1. The number of aromatic nitrogens is 1. The molecule has 6 rings (SSSR count). The van der Waals surface area contributed by atoms with E-state index < -0.39 is 17.2 Å². The van der Waals surface area contributed by atoms with E-state index in [9.17, 15) is 14.0 Å². The number of piperidine rings is 1. The lowest BCUT2D eigenvalue weighted by Gasteiger charge is -2.38. The number of nitrogens with zero attached hydrogens (tertiary/aromatic N) is 4. The van der Waals surface area contributed by atoms with E-state index in [-0.39, 0.29) is 34.1 Å². The van der Waals surface area contributed by atoms with Gasteiger partial charge in [0.15, 0.2) is 0 Å². The Hall–Kier alpha value is -3.95. The summed E-state index contributed by atoms with van der Waals surface area (Å²) in [5.74, 6) is -1.74. The van der Waals surface area contributed by atoms with Crippen molar-refractivity contribution in [1.29, 1.82) is 0 Å². The summed E-state index contributed by atoms with van der Waals surface area (Å²) in [7, 11) is 0. The van der Waals surface area contributed by atoms with Crippen LogP contribution >= 0.6 is 11.6 Å². The standard InChI is InChI=1S/C34H35ClF2N4O3/c1-2-44-34(43)26-22-41(24-10-8-9-23(19-24)21-38-13-6-3-7-14-38)31-25(33(26)42)20-28(37)32(30(31)35)40-17-15-39(16-18-40)29-12-5-4-11-27(29)36/h4-5,8-12,19-20,22H,2-3,6-7,13-18,21H2,1H3. The maximum absolute atomic E-state index is 15.9. The van der Waals surface area contributed by atoms with E-state index >= 15 is 4.39 Å². The quantitative estimate of drug-likeness (QED) is 0.223. The van der Waals surface area contributed by atoms with Crippen molar-refractivity contribution < 1.29 is 18.3 Å². The summed E-state index contributed by atoms with van der Waals surface area (Å²) in [5.41, 5.74) is 1.93. The van der Waals surface area contributed by atoms with Crippen LogP contribution in [-0.2, 0) is 11.3 Å². The van der Waals surface area contributed by atoms with Crippen LogP contribution in [0.5, 0.6) is 0 Å². The Bertz CT molecular complexity index is 1750. The fourth-order valence-corrected chi connectivity index (χ4v) is 6.71. The summed E-state index contributed by atoms with van der Waals surface area (Å²) in [6.07, 6.45) is 5.04. The molecule has 0 unspecified atom stereocenters. The van der Waals surface area contributed by atoms with Gasteiger partial charge >= 0.3 is 5.97 Å². The molecule has 0 saturated carbocycles. The normalized spacial score (nSPS) is 16.0. The molecule has 0 amide bonds. The summed E-state index contributed by atoms with van der Waals surface area (Å²) in [6.45, 7) is 6.32. The van der Waals surface area contributed by atoms with Crippen LogP contribution in [0.3, 0.4) is 0 Å². The third-order valence-electron chi connectivity index (χ3n) is 8.48. The Balaban J connectivity index is 1.43. The third-order valence-corrected chi connectivity index (χ3v) is 8.84. The molecule has 0 radical (unpaired) electrons. The van der Waals surface area contributed by atoms with Crippen molar-refractivity contribution in [2.75, 3.05) is 55.7 Å². The Morgan fingerprint density at radius 2 is 1.61 bits per heavy atom. The van der Waals surface area contributed by atoms with Gasteiger partial charge in [-0.2, -0.15) is 0 Å². The molecule has 3 aromatic carbocycles. The monoisotopic (exact) mass is 620 g/mol. The first-order chi connectivity index (χ1) is 21.4. The average molecular weight is 621 g/mol. The van der Waals surface area contributed by atoms with Gasteiger partial charge in [0.2, 0.25) is 5.43 Å². The van der Waals surface area contributed by atoms with E-state index in [1.165, 1.54) is 37.6 Å². The number of hydrogen-bond donors (Lipinski definition) is 0. The highest BCUT2D eigenvalue weighted by Gasteiger charge is 2.28. The van der Waals surface area contributed by atoms with Gasteiger partial charge in [0.25, 0.3) is 0 Å². The van der Waals surface area contributed by atoms with Gasteiger partial charge in [-0.1, -0.05) is 42.3 Å². The zero-order valence-corrected chi connectivity index (χ0v) is 25.5. The number of esters is 1. The molecule has 0 spiro atoms. The molecule has 3 heterocycles. The van der Waals surface area contributed by atoms with Crippen molar-refractivity contribution in [2.45, 2.75) is 32.7 Å². The third kappa shape index (κ3) is 5.90. The Kier molecular flexibility index (Phi) is 8.86. The lowest BCUT2D eigenvalue weighted by atomic mass is 10.1. The SMILES string of the molecule is CCOC(=O)c1cn(-c2cccc(CN3CCCCC3)c2)c2c(Cl)c(N3CCN(c4ccccc4F)CC3)c(F)cc2c1=O. The number of para-hydroxylation sites is 1. The number of hydrogen-bond acceptors (Lipinski definition) is 6. The number of piperazine rings is 1. The number of carbonyl (C=O) groups is 1. The zero-order chi connectivity index (χ0) is 30.8. The molecule has 2 saturated heterocycles. The maximum atomic E-state index is 15.9. The van der Waals surface area contributed by atoms with Crippen LogP contribution in [0, 0.1) is 11.6 Å².